The summed E-state index contributed by atoms with van der Waals surface area (Å²) in [6.45, 7) is 0. The topological polar surface area (TPSA) is 56.0 Å². The van der Waals surface area contributed by atoms with Crippen molar-refractivity contribution in [3.8, 4) is 0 Å². The Morgan fingerprint density at radius 3 is 2.64 bits per heavy atom. The Kier molecular flexibility index (Phi) is 3.29. The fraction of sp³-hybridized carbons (Fsp3) is 0.286. The molecule has 0 radical (unpaired) electrons. The lowest BCUT2D eigenvalue weighted by molar-refractivity contribution is -0.391. The van der Waals surface area contributed by atoms with E-state index in [0.717, 1.165) is 6.07 Å². The van der Waals surface area contributed by atoms with Crippen LogP contribution in [0.5, 0.6) is 0 Å². The molecule has 1 heterocycles. The highest BCUT2D eigenvalue weighted by Gasteiger charge is 2.23. The van der Waals surface area contributed by atoms with Gasteiger partial charge in [-0.3, -0.25) is 0 Å². The molecular weight excluding hydrogens is 218 g/mol. The van der Waals surface area contributed by atoms with Gasteiger partial charge in [0.15, 0.2) is 5.69 Å². The molecule has 0 aliphatic rings. The summed E-state index contributed by atoms with van der Waals surface area (Å²) in [4.78, 5) is 12.8. The van der Waals surface area contributed by atoms with E-state index in [2.05, 4.69) is 4.98 Å². The van der Waals surface area contributed by atoms with Gasteiger partial charge in [-0.25, -0.2) is 8.78 Å². The molecule has 1 rings (SSSR count). The van der Waals surface area contributed by atoms with Crippen LogP contribution in [-0.2, 0) is 5.88 Å². The summed E-state index contributed by atoms with van der Waals surface area (Å²) >= 11 is 5.36. The number of rotatable bonds is 3. The van der Waals surface area contributed by atoms with Crippen LogP contribution in [0.1, 0.15) is 17.7 Å². The first-order valence-electron chi connectivity index (χ1n) is 3.54. The molecule has 0 N–H and O–H groups in total. The van der Waals surface area contributed by atoms with E-state index in [1.54, 1.807) is 0 Å². The van der Waals surface area contributed by atoms with Crippen molar-refractivity contribution < 1.29 is 13.7 Å². The lowest BCUT2D eigenvalue weighted by Gasteiger charge is -2.00. The Morgan fingerprint density at radius 1 is 1.57 bits per heavy atom. The van der Waals surface area contributed by atoms with Gasteiger partial charge in [0.1, 0.15) is 5.56 Å². The second-order valence-corrected chi connectivity index (χ2v) is 2.67. The highest BCUT2D eigenvalue weighted by atomic mass is 35.5. The van der Waals surface area contributed by atoms with Crippen molar-refractivity contribution in [3.05, 3.63) is 33.5 Å². The van der Waals surface area contributed by atoms with Crippen molar-refractivity contribution in [1.29, 1.82) is 0 Å². The zero-order valence-corrected chi connectivity index (χ0v) is 7.54. The molecule has 0 unspecified atom stereocenters. The normalized spacial score (nSPS) is 10.6. The lowest BCUT2D eigenvalue weighted by atomic mass is 10.2. The van der Waals surface area contributed by atoms with Gasteiger partial charge < -0.3 is 10.1 Å². The number of nitrogens with zero attached hydrogens (tertiary/aromatic N) is 2. The van der Waals surface area contributed by atoms with Crippen LogP contribution in [0.25, 0.3) is 0 Å². The molecule has 7 heteroatoms. The molecule has 0 spiro atoms. The second-order valence-electron chi connectivity index (χ2n) is 2.41. The quantitative estimate of drug-likeness (QED) is 0.449. The number of aromatic nitrogens is 1. The number of pyridine rings is 1. The lowest BCUT2D eigenvalue weighted by Crippen LogP contribution is -2.01. The molecule has 14 heavy (non-hydrogen) atoms. The number of hydrogen-bond donors (Lipinski definition) is 0. The highest BCUT2D eigenvalue weighted by Crippen LogP contribution is 2.27. The van der Waals surface area contributed by atoms with Gasteiger partial charge >= 0.3 is 5.82 Å². The van der Waals surface area contributed by atoms with Crippen LogP contribution < -0.4 is 0 Å². The van der Waals surface area contributed by atoms with Crippen molar-refractivity contribution >= 4 is 17.4 Å². The van der Waals surface area contributed by atoms with E-state index in [9.17, 15) is 18.9 Å². The molecule has 0 aliphatic heterocycles. The second kappa shape index (κ2) is 4.28. The minimum Gasteiger partial charge on any atom is -0.358 e. The van der Waals surface area contributed by atoms with E-state index in [0.29, 0.717) is 0 Å². The van der Waals surface area contributed by atoms with Crippen LogP contribution in [0.4, 0.5) is 14.6 Å². The van der Waals surface area contributed by atoms with E-state index in [1.165, 1.54) is 6.07 Å². The Morgan fingerprint density at radius 2 is 2.21 bits per heavy atom. The van der Waals surface area contributed by atoms with Crippen LogP contribution in [0.3, 0.4) is 0 Å². The Labute approximate surface area is 82.7 Å². The van der Waals surface area contributed by atoms with Gasteiger partial charge in [0, 0.05) is 0 Å². The average Bonchev–Trinajstić information content (AvgIpc) is 2.16. The number of hydrogen-bond acceptors (Lipinski definition) is 3. The summed E-state index contributed by atoms with van der Waals surface area (Å²) in [5.41, 5.74) is -0.494. The van der Waals surface area contributed by atoms with Crippen molar-refractivity contribution in [2.24, 2.45) is 0 Å². The molecule has 76 valence electrons. The molecule has 0 aliphatic carbocycles. The van der Waals surface area contributed by atoms with E-state index < -0.39 is 22.7 Å². The first-order valence-corrected chi connectivity index (χ1v) is 4.08. The smallest absolute Gasteiger partial charge is 0.358 e. The van der Waals surface area contributed by atoms with Gasteiger partial charge in [-0.05, 0) is 22.0 Å². The van der Waals surface area contributed by atoms with Crippen molar-refractivity contribution in [2.75, 3.05) is 0 Å². The fourth-order valence-electron chi connectivity index (χ4n) is 0.889. The summed E-state index contributed by atoms with van der Waals surface area (Å²) in [6, 6.07) is 2.20. The van der Waals surface area contributed by atoms with Gasteiger partial charge in [0.25, 0.3) is 6.43 Å². The maximum Gasteiger partial charge on any atom is 0.372 e. The molecular formula is C7H5ClF2N2O2. The van der Waals surface area contributed by atoms with Crippen molar-refractivity contribution in [3.63, 3.8) is 0 Å². The number of halogens is 3. The molecule has 0 saturated carbocycles. The third-order valence-corrected chi connectivity index (χ3v) is 1.78. The van der Waals surface area contributed by atoms with Gasteiger partial charge in [0.05, 0.1) is 5.88 Å². The van der Waals surface area contributed by atoms with Gasteiger partial charge in [-0.2, -0.15) is 0 Å². The van der Waals surface area contributed by atoms with Gasteiger partial charge in [0.2, 0.25) is 0 Å². The largest absolute Gasteiger partial charge is 0.372 e. The highest BCUT2D eigenvalue weighted by molar-refractivity contribution is 6.16. The molecule has 0 amide bonds. The molecule has 4 nitrogen and oxygen atoms in total. The van der Waals surface area contributed by atoms with Crippen LogP contribution in [0.15, 0.2) is 12.1 Å². The molecule has 1 aromatic rings. The molecule has 1 aromatic heterocycles. The molecule has 0 saturated heterocycles. The Bertz CT molecular complexity index is 360. The third-order valence-electron chi connectivity index (χ3n) is 1.51. The van der Waals surface area contributed by atoms with E-state index in [-0.39, 0.29) is 11.6 Å². The van der Waals surface area contributed by atoms with Crippen LogP contribution in [0, 0.1) is 10.1 Å². The maximum absolute atomic E-state index is 12.2. The summed E-state index contributed by atoms with van der Waals surface area (Å²) in [5.74, 6) is -0.886. The van der Waals surface area contributed by atoms with Gasteiger partial charge in [-0.15, -0.1) is 11.6 Å². The fourth-order valence-corrected chi connectivity index (χ4v) is 1.04. The minimum absolute atomic E-state index is 0.0512. The van der Waals surface area contributed by atoms with Crippen molar-refractivity contribution in [2.45, 2.75) is 12.3 Å². The SMILES string of the molecule is O=[N+]([O-])c1nc(CCl)ccc1C(F)F. The predicted molar refractivity (Wildman–Crippen MR) is 45.4 cm³/mol. The molecule has 0 aromatic carbocycles. The molecule has 0 bridgehead atoms. The Hall–Kier alpha value is -1.30. The number of alkyl halides is 3. The number of nitro groups is 1. The van der Waals surface area contributed by atoms with E-state index >= 15 is 0 Å². The van der Waals surface area contributed by atoms with Gasteiger partial charge in [-0.1, -0.05) is 0 Å². The molecule has 0 fully saturated rings. The zero-order valence-electron chi connectivity index (χ0n) is 6.78. The minimum atomic E-state index is -2.91. The van der Waals surface area contributed by atoms with Crippen LogP contribution >= 0.6 is 11.6 Å². The predicted octanol–water partition coefficient (Wildman–Crippen LogP) is 2.67. The monoisotopic (exact) mass is 222 g/mol. The summed E-state index contributed by atoms with van der Waals surface area (Å²) in [6.07, 6.45) is -2.91. The summed E-state index contributed by atoms with van der Waals surface area (Å²) in [5, 5.41) is 10.4. The molecule has 0 atom stereocenters. The van der Waals surface area contributed by atoms with E-state index in [4.69, 9.17) is 11.6 Å². The first-order chi connectivity index (χ1) is 6.56. The summed E-state index contributed by atoms with van der Waals surface area (Å²) in [7, 11) is 0. The average molecular weight is 223 g/mol. The van der Waals surface area contributed by atoms with Crippen LogP contribution in [0.2, 0.25) is 0 Å². The standard InChI is InChI=1S/C7H5ClF2N2O2/c8-3-4-1-2-5(6(9)10)7(11-4)12(13)14/h1-2,6H,3H2. The summed E-state index contributed by atoms with van der Waals surface area (Å²) < 4.78 is 24.5. The van der Waals surface area contributed by atoms with Crippen LogP contribution in [-0.4, -0.2) is 9.91 Å². The van der Waals surface area contributed by atoms with E-state index in [1.807, 2.05) is 0 Å². The zero-order chi connectivity index (χ0) is 10.7. The van der Waals surface area contributed by atoms with Crippen molar-refractivity contribution in [1.82, 2.24) is 4.98 Å². The first kappa shape index (κ1) is 10.8. The maximum atomic E-state index is 12.2. The third kappa shape index (κ3) is 2.14. The Balaban J connectivity index is 3.24.